The summed E-state index contributed by atoms with van der Waals surface area (Å²) in [6, 6.07) is 4.92. The number of rotatable bonds is 3. The van der Waals surface area contributed by atoms with E-state index in [0.717, 1.165) is 0 Å². The normalized spacial score (nSPS) is 10.3. The third-order valence-electron chi connectivity index (χ3n) is 2.42. The first-order valence-electron chi connectivity index (χ1n) is 4.95. The molecular weight excluding hydrogens is 258 g/mol. The number of hydrogen-bond donors (Lipinski definition) is 2. The van der Waals surface area contributed by atoms with E-state index in [4.69, 9.17) is 27.2 Å². The van der Waals surface area contributed by atoms with Gasteiger partial charge in [-0.1, -0.05) is 11.6 Å². The number of aromatic nitrogens is 2. The van der Waals surface area contributed by atoms with Crippen molar-refractivity contribution in [3.63, 3.8) is 0 Å². The van der Waals surface area contributed by atoms with Gasteiger partial charge in [-0.05, 0) is 18.2 Å². The number of nitrogens with two attached hydrogens (primary N) is 1. The molecule has 1 aromatic heterocycles. The Labute approximate surface area is 108 Å². The number of nitrogen functional groups attached to an aromatic ring is 1. The molecule has 94 valence electrons. The second kappa shape index (κ2) is 4.58. The fourth-order valence-corrected chi connectivity index (χ4v) is 1.77. The van der Waals surface area contributed by atoms with Crippen LogP contribution >= 0.6 is 11.6 Å². The van der Waals surface area contributed by atoms with Crippen molar-refractivity contribution in [2.75, 3.05) is 12.8 Å². The Morgan fingerprint density at radius 3 is 2.78 bits per heavy atom. The highest BCUT2D eigenvalue weighted by atomic mass is 35.5. The van der Waals surface area contributed by atoms with Crippen molar-refractivity contribution in [2.24, 2.45) is 0 Å². The molecule has 1 heterocycles. The van der Waals surface area contributed by atoms with Crippen molar-refractivity contribution in [1.82, 2.24) is 9.78 Å². The fourth-order valence-electron chi connectivity index (χ4n) is 1.52. The first-order valence-corrected chi connectivity index (χ1v) is 5.33. The monoisotopic (exact) mass is 267 g/mol. The molecule has 0 bridgehead atoms. The number of carboxylic acid groups (broad SMARTS) is 1. The molecule has 0 saturated heterocycles. The number of methoxy groups -OCH3 is 1. The fraction of sp³-hybridized carbons (Fsp3) is 0.0909. The highest BCUT2D eigenvalue weighted by molar-refractivity contribution is 6.32. The molecular formula is C11H10ClN3O3. The van der Waals surface area contributed by atoms with Gasteiger partial charge < -0.3 is 15.6 Å². The van der Waals surface area contributed by atoms with E-state index in [1.807, 2.05) is 0 Å². The molecule has 3 N–H and O–H groups in total. The van der Waals surface area contributed by atoms with Crippen LogP contribution in [0.3, 0.4) is 0 Å². The summed E-state index contributed by atoms with van der Waals surface area (Å²) in [5, 5.41) is 13.2. The van der Waals surface area contributed by atoms with E-state index in [0.29, 0.717) is 16.5 Å². The van der Waals surface area contributed by atoms with Crippen LogP contribution in [0, 0.1) is 0 Å². The predicted octanol–water partition coefficient (Wildman–Crippen LogP) is 1.81. The molecule has 18 heavy (non-hydrogen) atoms. The number of halogens is 1. The van der Waals surface area contributed by atoms with E-state index in [1.54, 1.807) is 18.2 Å². The van der Waals surface area contributed by atoms with Gasteiger partial charge in [0.15, 0.2) is 0 Å². The first-order chi connectivity index (χ1) is 8.54. The minimum absolute atomic E-state index is 0.0451. The van der Waals surface area contributed by atoms with Crippen LogP contribution in [0.2, 0.25) is 5.02 Å². The van der Waals surface area contributed by atoms with Gasteiger partial charge in [-0.25, -0.2) is 9.48 Å². The molecule has 0 atom stereocenters. The summed E-state index contributed by atoms with van der Waals surface area (Å²) in [4.78, 5) is 10.9. The van der Waals surface area contributed by atoms with E-state index in [1.165, 1.54) is 18.0 Å². The Morgan fingerprint density at radius 1 is 1.56 bits per heavy atom. The highest BCUT2D eigenvalue weighted by Gasteiger charge is 2.15. The van der Waals surface area contributed by atoms with E-state index in [-0.39, 0.29) is 11.4 Å². The van der Waals surface area contributed by atoms with Gasteiger partial charge in [-0.3, -0.25) is 0 Å². The van der Waals surface area contributed by atoms with E-state index in [9.17, 15) is 4.79 Å². The average molecular weight is 268 g/mol. The number of carbonyl (C=O) groups is 1. The van der Waals surface area contributed by atoms with Crippen LogP contribution in [0.25, 0.3) is 5.69 Å². The van der Waals surface area contributed by atoms with Gasteiger partial charge in [0.25, 0.3) is 0 Å². The van der Waals surface area contributed by atoms with Crippen LogP contribution in [0.5, 0.6) is 5.75 Å². The Bertz CT molecular complexity index is 610. The highest BCUT2D eigenvalue weighted by Crippen LogP contribution is 2.27. The van der Waals surface area contributed by atoms with Crippen LogP contribution in [-0.4, -0.2) is 28.0 Å². The number of anilines is 1. The first kappa shape index (κ1) is 12.3. The minimum atomic E-state index is -1.13. The maximum atomic E-state index is 10.9. The van der Waals surface area contributed by atoms with Crippen LogP contribution < -0.4 is 10.5 Å². The minimum Gasteiger partial charge on any atom is -0.495 e. The number of benzene rings is 1. The summed E-state index contributed by atoms with van der Waals surface area (Å²) in [5.41, 5.74) is 6.21. The van der Waals surface area contributed by atoms with E-state index >= 15 is 0 Å². The SMILES string of the molecule is COc1ccc(-n2ncc(C(=O)O)c2N)cc1Cl. The molecule has 0 aliphatic carbocycles. The molecule has 0 amide bonds. The molecule has 0 aliphatic heterocycles. The molecule has 2 aromatic rings. The van der Waals surface area contributed by atoms with E-state index in [2.05, 4.69) is 5.10 Å². The molecule has 0 aliphatic rings. The summed E-state index contributed by atoms with van der Waals surface area (Å²) in [6.45, 7) is 0. The lowest BCUT2D eigenvalue weighted by atomic mass is 10.3. The Morgan fingerprint density at radius 2 is 2.28 bits per heavy atom. The lowest BCUT2D eigenvalue weighted by Gasteiger charge is -2.07. The number of aromatic carboxylic acids is 1. The topological polar surface area (TPSA) is 90.4 Å². The second-order valence-electron chi connectivity index (χ2n) is 3.48. The second-order valence-corrected chi connectivity index (χ2v) is 3.89. The Hall–Kier alpha value is -2.21. The molecule has 0 unspecified atom stereocenters. The van der Waals surface area contributed by atoms with Crippen molar-refractivity contribution in [3.8, 4) is 11.4 Å². The summed E-state index contributed by atoms with van der Waals surface area (Å²) < 4.78 is 6.32. The molecule has 0 radical (unpaired) electrons. The zero-order valence-corrected chi connectivity index (χ0v) is 10.2. The summed E-state index contributed by atoms with van der Waals surface area (Å²) >= 11 is 5.98. The summed E-state index contributed by atoms with van der Waals surface area (Å²) in [5.74, 6) is -0.563. The summed E-state index contributed by atoms with van der Waals surface area (Å²) in [6.07, 6.45) is 1.19. The maximum Gasteiger partial charge on any atom is 0.341 e. The standard InChI is InChI=1S/C11H10ClN3O3/c1-18-9-3-2-6(4-8(9)12)15-10(13)7(5-14-15)11(16)17/h2-5H,13H2,1H3,(H,16,17). The average Bonchev–Trinajstić information content (AvgIpc) is 2.71. The quantitative estimate of drug-likeness (QED) is 0.885. The Balaban J connectivity index is 2.49. The van der Waals surface area contributed by atoms with Gasteiger partial charge in [0.05, 0.1) is 24.0 Å². The van der Waals surface area contributed by atoms with Gasteiger partial charge in [0, 0.05) is 0 Å². The van der Waals surface area contributed by atoms with Crippen molar-refractivity contribution in [3.05, 3.63) is 35.0 Å². The van der Waals surface area contributed by atoms with Crippen LogP contribution in [0.4, 0.5) is 5.82 Å². The zero-order valence-electron chi connectivity index (χ0n) is 9.42. The van der Waals surface area contributed by atoms with Crippen molar-refractivity contribution < 1.29 is 14.6 Å². The molecule has 0 saturated carbocycles. The van der Waals surface area contributed by atoms with Gasteiger partial charge in [0.2, 0.25) is 0 Å². The van der Waals surface area contributed by atoms with Crippen LogP contribution in [-0.2, 0) is 0 Å². The lowest BCUT2D eigenvalue weighted by Crippen LogP contribution is -2.05. The zero-order chi connectivity index (χ0) is 13.3. The molecule has 7 heteroatoms. The van der Waals surface area contributed by atoms with Gasteiger partial charge in [-0.15, -0.1) is 0 Å². The van der Waals surface area contributed by atoms with Gasteiger partial charge in [0.1, 0.15) is 17.1 Å². The Kier molecular flexibility index (Phi) is 3.12. The molecule has 0 fully saturated rings. The van der Waals surface area contributed by atoms with Crippen molar-refractivity contribution in [2.45, 2.75) is 0 Å². The van der Waals surface area contributed by atoms with Crippen LogP contribution in [0.1, 0.15) is 10.4 Å². The van der Waals surface area contributed by atoms with Gasteiger partial charge >= 0.3 is 5.97 Å². The smallest absolute Gasteiger partial charge is 0.341 e. The third-order valence-corrected chi connectivity index (χ3v) is 2.71. The number of nitrogens with zero attached hydrogens (tertiary/aromatic N) is 2. The number of ether oxygens (including phenoxy) is 1. The number of carboxylic acids is 1. The maximum absolute atomic E-state index is 10.9. The molecule has 1 aromatic carbocycles. The lowest BCUT2D eigenvalue weighted by molar-refractivity contribution is 0.0698. The number of hydrogen-bond acceptors (Lipinski definition) is 4. The molecule has 6 nitrogen and oxygen atoms in total. The summed E-state index contributed by atoms with van der Waals surface area (Å²) in [7, 11) is 1.51. The van der Waals surface area contributed by atoms with E-state index < -0.39 is 5.97 Å². The van der Waals surface area contributed by atoms with Crippen molar-refractivity contribution in [1.29, 1.82) is 0 Å². The third kappa shape index (κ3) is 1.98. The van der Waals surface area contributed by atoms with Crippen molar-refractivity contribution >= 4 is 23.4 Å². The molecule has 0 spiro atoms. The largest absolute Gasteiger partial charge is 0.495 e. The van der Waals surface area contributed by atoms with Crippen LogP contribution in [0.15, 0.2) is 24.4 Å². The van der Waals surface area contributed by atoms with Gasteiger partial charge in [-0.2, -0.15) is 5.10 Å². The predicted molar refractivity (Wildman–Crippen MR) is 66.5 cm³/mol. The molecule has 2 rings (SSSR count).